The third kappa shape index (κ3) is 3.94. The van der Waals surface area contributed by atoms with Gasteiger partial charge in [0.05, 0.1) is 5.56 Å². The Labute approximate surface area is 75.4 Å². The minimum absolute atomic E-state index is 0.594. The van der Waals surface area contributed by atoms with E-state index >= 15 is 0 Å². The first-order valence-corrected chi connectivity index (χ1v) is 3.72. The van der Waals surface area contributed by atoms with E-state index in [0.29, 0.717) is 0 Å². The molecule has 4 heteroatoms. The molecule has 0 aliphatic heterocycles. The van der Waals surface area contributed by atoms with Crippen LogP contribution >= 0.6 is 0 Å². The summed E-state index contributed by atoms with van der Waals surface area (Å²) in [7, 11) is 1.50. The minimum atomic E-state index is -4.21. The molecule has 0 unspecified atom stereocenters. The highest BCUT2D eigenvalue weighted by Gasteiger charge is 2.29. The van der Waals surface area contributed by atoms with Crippen molar-refractivity contribution in [3.8, 4) is 0 Å². The third-order valence-corrected chi connectivity index (χ3v) is 1.38. The largest absolute Gasteiger partial charge is 0.416 e. The molecule has 1 rings (SSSR count). The molecule has 0 heterocycles. The van der Waals surface area contributed by atoms with Gasteiger partial charge in [0.15, 0.2) is 0 Å². The first-order chi connectivity index (χ1) is 6.00. The van der Waals surface area contributed by atoms with Crippen LogP contribution in [0.15, 0.2) is 24.3 Å². The van der Waals surface area contributed by atoms with Gasteiger partial charge in [-0.15, -0.1) is 0 Å². The summed E-state index contributed by atoms with van der Waals surface area (Å²) in [6.45, 7) is 1.75. The van der Waals surface area contributed by atoms with Crippen LogP contribution < -0.4 is 5.73 Å². The summed E-state index contributed by atoms with van der Waals surface area (Å²) in [5.41, 5.74) is 4.74. The average Bonchev–Trinajstić information content (AvgIpc) is 2.07. The molecule has 0 amide bonds. The first kappa shape index (κ1) is 12.0. The van der Waals surface area contributed by atoms with Crippen LogP contribution in [-0.2, 0) is 6.18 Å². The number of aryl methyl sites for hydroxylation is 1. The zero-order chi connectivity index (χ0) is 10.5. The Balaban J connectivity index is 0.000000671. The predicted octanol–water partition coefficient (Wildman–Crippen LogP) is 2.59. The molecule has 0 aliphatic carbocycles. The van der Waals surface area contributed by atoms with Gasteiger partial charge in [0.25, 0.3) is 0 Å². The van der Waals surface area contributed by atoms with Crippen molar-refractivity contribution < 1.29 is 13.2 Å². The topological polar surface area (TPSA) is 26.0 Å². The highest BCUT2D eigenvalue weighted by atomic mass is 19.4. The molecule has 0 radical (unpaired) electrons. The van der Waals surface area contributed by atoms with Crippen molar-refractivity contribution in [2.45, 2.75) is 13.1 Å². The maximum Gasteiger partial charge on any atom is 0.416 e. The van der Waals surface area contributed by atoms with Gasteiger partial charge < -0.3 is 5.73 Å². The first-order valence-electron chi connectivity index (χ1n) is 3.72. The standard InChI is InChI=1S/C8H7F3.CH5N/c1-6-2-4-7(5-3-6)8(9,10)11;1-2/h2-5H,1H3;2H2,1H3. The Morgan fingerprint density at radius 2 is 1.38 bits per heavy atom. The lowest BCUT2D eigenvalue weighted by molar-refractivity contribution is -0.137. The van der Waals surface area contributed by atoms with E-state index in [9.17, 15) is 13.2 Å². The number of rotatable bonds is 0. The molecule has 0 fully saturated rings. The van der Waals surface area contributed by atoms with Crippen LogP contribution in [0.5, 0.6) is 0 Å². The van der Waals surface area contributed by atoms with Crippen LogP contribution in [0.1, 0.15) is 11.1 Å². The minimum Gasteiger partial charge on any atom is -0.333 e. The molecule has 0 saturated carbocycles. The zero-order valence-corrected chi connectivity index (χ0v) is 7.52. The van der Waals surface area contributed by atoms with Crippen molar-refractivity contribution in [3.63, 3.8) is 0 Å². The summed E-state index contributed by atoms with van der Waals surface area (Å²) in [6, 6.07) is 5.05. The van der Waals surface area contributed by atoms with E-state index in [1.165, 1.54) is 19.2 Å². The molecule has 1 aromatic carbocycles. The Morgan fingerprint density at radius 3 is 1.69 bits per heavy atom. The second-order valence-corrected chi connectivity index (χ2v) is 2.36. The molecule has 0 atom stereocenters. The van der Waals surface area contributed by atoms with Crippen molar-refractivity contribution in [3.05, 3.63) is 35.4 Å². The van der Waals surface area contributed by atoms with E-state index in [4.69, 9.17) is 0 Å². The van der Waals surface area contributed by atoms with Crippen LogP contribution in [0.3, 0.4) is 0 Å². The molecule has 0 spiro atoms. The summed E-state index contributed by atoms with van der Waals surface area (Å²) >= 11 is 0. The maximum atomic E-state index is 11.9. The maximum absolute atomic E-state index is 11.9. The Hall–Kier alpha value is -1.03. The number of alkyl halides is 3. The average molecular weight is 191 g/mol. The normalized spacial score (nSPS) is 10.3. The molecule has 0 aromatic heterocycles. The van der Waals surface area contributed by atoms with E-state index in [2.05, 4.69) is 5.73 Å². The number of hydrogen-bond donors (Lipinski definition) is 1. The van der Waals surface area contributed by atoms with Gasteiger partial charge in [0, 0.05) is 0 Å². The lowest BCUT2D eigenvalue weighted by atomic mass is 10.1. The molecule has 1 nitrogen and oxygen atoms in total. The molecule has 0 saturated heterocycles. The fraction of sp³-hybridized carbons (Fsp3) is 0.333. The van der Waals surface area contributed by atoms with Crippen molar-refractivity contribution in [1.29, 1.82) is 0 Å². The van der Waals surface area contributed by atoms with Gasteiger partial charge in [-0.05, 0) is 26.1 Å². The third-order valence-electron chi connectivity index (χ3n) is 1.38. The van der Waals surface area contributed by atoms with E-state index in [1.807, 2.05) is 0 Å². The van der Waals surface area contributed by atoms with E-state index in [0.717, 1.165) is 17.7 Å². The van der Waals surface area contributed by atoms with Crippen molar-refractivity contribution in [2.24, 2.45) is 5.73 Å². The number of benzene rings is 1. The number of hydrogen-bond acceptors (Lipinski definition) is 1. The Morgan fingerprint density at radius 1 is 1.00 bits per heavy atom. The summed E-state index contributed by atoms with van der Waals surface area (Å²) in [5, 5.41) is 0. The fourth-order valence-electron chi connectivity index (χ4n) is 0.743. The summed E-state index contributed by atoms with van der Waals surface area (Å²) in [5.74, 6) is 0. The van der Waals surface area contributed by atoms with Gasteiger partial charge in [0.2, 0.25) is 0 Å². The zero-order valence-electron chi connectivity index (χ0n) is 7.52. The van der Waals surface area contributed by atoms with Crippen LogP contribution in [0, 0.1) is 6.92 Å². The SMILES string of the molecule is CN.Cc1ccc(C(F)(F)F)cc1. The van der Waals surface area contributed by atoms with Crippen molar-refractivity contribution >= 4 is 0 Å². The summed E-state index contributed by atoms with van der Waals surface area (Å²) < 4.78 is 35.8. The molecule has 0 bridgehead atoms. The number of halogens is 3. The molecule has 0 aliphatic rings. The van der Waals surface area contributed by atoms with Crippen molar-refractivity contribution in [2.75, 3.05) is 7.05 Å². The molecule has 1 aromatic rings. The van der Waals surface area contributed by atoms with Gasteiger partial charge in [-0.25, -0.2) is 0 Å². The van der Waals surface area contributed by atoms with Crippen LogP contribution in [-0.4, -0.2) is 7.05 Å². The van der Waals surface area contributed by atoms with Crippen LogP contribution in [0.4, 0.5) is 13.2 Å². The van der Waals surface area contributed by atoms with Gasteiger partial charge in [-0.3, -0.25) is 0 Å². The Bertz CT molecular complexity index is 238. The van der Waals surface area contributed by atoms with E-state index in [1.54, 1.807) is 6.92 Å². The second-order valence-electron chi connectivity index (χ2n) is 2.36. The van der Waals surface area contributed by atoms with Gasteiger partial charge >= 0.3 is 6.18 Å². The molecular weight excluding hydrogens is 179 g/mol. The summed E-state index contributed by atoms with van der Waals surface area (Å²) in [6.07, 6.45) is -4.21. The van der Waals surface area contributed by atoms with Gasteiger partial charge in [0.1, 0.15) is 0 Å². The highest BCUT2D eigenvalue weighted by molar-refractivity contribution is 5.23. The van der Waals surface area contributed by atoms with Crippen LogP contribution in [0.25, 0.3) is 0 Å². The Kier molecular flexibility index (Phi) is 4.48. The quantitative estimate of drug-likeness (QED) is 0.670. The van der Waals surface area contributed by atoms with Gasteiger partial charge in [-0.1, -0.05) is 17.7 Å². The van der Waals surface area contributed by atoms with Gasteiger partial charge in [-0.2, -0.15) is 13.2 Å². The van der Waals surface area contributed by atoms with Crippen LogP contribution in [0.2, 0.25) is 0 Å². The number of nitrogens with two attached hydrogens (primary N) is 1. The molecule has 13 heavy (non-hydrogen) atoms. The predicted molar refractivity (Wildman–Crippen MR) is 46.3 cm³/mol. The lowest BCUT2D eigenvalue weighted by Crippen LogP contribution is -2.03. The highest BCUT2D eigenvalue weighted by Crippen LogP contribution is 2.28. The fourth-order valence-corrected chi connectivity index (χ4v) is 0.743. The molecular formula is C9H12F3N. The van der Waals surface area contributed by atoms with E-state index < -0.39 is 11.7 Å². The van der Waals surface area contributed by atoms with Crippen molar-refractivity contribution in [1.82, 2.24) is 0 Å². The molecule has 2 N–H and O–H groups in total. The second kappa shape index (κ2) is 4.87. The monoisotopic (exact) mass is 191 g/mol. The molecule has 74 valence electrons. The van der Waals surface area contributed by atoms with E-state index in [-0.39, 0.29) is 0 Å². The summed E-state index contributed by atoms with van der Waals surface area (Å²) in [4.78, 5) is 0. The lowest BCUT2D eigenvalue weighted by Gasteiger charge is -2.05. The smallest absolute Gasteiger partial charge is 0.333 e.